The van der Waals surface area contributed by atoms with E-state index in [9.17, 15) is 9.59 Å². The van der Waals surface area contributed by atoms with E-state index in [1.807, 2.05) is 6.07 Å². The predicted octanol–water partition coefficient (Wildman–Crippen LogP) is 1.97. The summed E-state index contributed by atoms with van der Waals surface area (Å²) in [5.74, 6) is 0.0512. The second-order valence-electron chi connectivity index (χ2n) is 4.12. The average Bonchev–Trinajstić information content (AvgIpc) is 2.93. The van der Waals surface area contributed by atoms with E-state index in [1.54, 1.807) is 37.0 Å². The highest BCUT2D eigenvalue weighted by molar-refractivity contribution is 7.11. The van der Waals surface area contributed by atoms with Gasteiger partial charge in [-0.15, -0.1) is 11.3 Å². The zero-order valence-electron chi connectivity index (χ0n) is 10.6. The van der Waals surface area contributed by atoms with Gasteiger partial charge in [-0.05, 0) is 18.7 Å². The predicted molar refractivity (Wildman–Crippen MR) is 74.8 cm³/mol. The molecule has 0 aliphatic rings. The molecule has 1 aromatic heterocycles. The second-order valence-corrected chi connectivity index (χ2v) is 5.01. The van der Waals surface area contributed by atoms with E-state index in [4.69, 9.17) is 0 Å². The number of nitrogens with one attached hydrogen (secondary N) is 1. The van der Waals surface area contributed by atoms with Crippen molar-refractivity contribution >= 4 is 22.9 Å². The zero-order chi connectivity index (χ0) is 13.7. The fourth-order valence-electron chi connectivity index (χ4n) is 1.74. The molecule has 98 valence electrons. The summed E-state index contributed by atoms with van der Waals surface area (Å²) < 4.78 is 0. The third kappa shape index (κ3) is 3.56. The third-order valence-electron chi connectivity index (χ3n) is 2.66. The molecule has 0 atom stereocenters. The van der Waals surface area contributed by atoms with Crippen LogP contribution < -0.4 is 5.32 Å². The Kier molecular flexibility index (Phi) is 4.54. The lowest BCUT2D eigenvalue weighted by molar-refractivity contribution is 0.0983. The maximum absolute atomic E-state index is 12.0. The van der Waals surface area contributed by atoms with Crippen molar-refractivity contribution in [2.24, 2.45) is 0 Å². The number of aromatic nitrogens is 1. The van der Waals surface area contributed by atoms with Gasteiger partial charge in [-0.2, -0.15) is 0 Å². The van der Waals surface area contributed by atoms with E-state index < -0.39 is 0 Å². The number of hydrogen-bond acceptors (Lipinski definition) is 5. The van der Waals surface area contributed by atoms with Crippen molar-refractivity contribution in [3.63, 3.8) is 0 Å². The van der Waals surface area contributed by atoms with Crippen LogP contribution in [0, 0.1) is 0 Å². The summed E-state index contributed by atoms with van der Waals surface area (Å²) in [6, 6.07) is 7.20. The number of thiazole rings is 1. The summed E-state index contributed by atoms with van der Waals surface area (Å²) in [5.41, 5.74) is 3.12. The smallest absolute Gasteiger partial charge is 0.178 e. The molecule has 4 nitrogen and oxygen atoms in total. The fraction of sp³-hybridized carbons (Fsp3) is 0.214. The number of carbonyl (C=O) groups excluding carboxylic acids is 2. The van der Waals surface area contributed by atoms with Crippen molar-refractivity contribution in [1.82, 2.24) is 10.3 Å². The minimum absolute atomic E-state index is 0.0228. The first-order valence-electron chi connectivity index (χ1n) is 5.89. The van der Waals surface area contributed by atoms with Gasteiger partial charge < -0.3 is 5.32 Å². The highest BCUT2D eigenvalue weighted by atomic mass is 32.1. The van der Waals surface area contributed by atoms with Crippen LogP contribution in [-0.4, -0.2) is 30.1 Å². The van der Waals surface area contributed by atoms with Gasteiger partial charge in [0.2, 0.25) is 0 Å². The quantitative estimate of drug-likeness (QED) is 0.818. The summed E-state index contributed by atoms with van der Waals surface area (Å²) in [5, 5.41) is 2.83. The second kappa shape index (κ2) is 6.36. The number of likely N-dealkylation sites (N-methyl/N-ethyl adjacent to an activating group) is 1. The summed E-state index contributed by atoms with van der Waals surface area (Å²) in [7, 11) is 1.73. The van der Waals surface area contributed by atoms with Crippen LogP contribution in [0.1, 0.15) is 25.6 Å². The summed E-state index contributed by atoms with van der Waals surface area (Å²) in [6.45, 7) is 0.298. The van der Waals surface area contributed by atoms with Gasteiger partial charge in [-0.3, -0.25) is 14.6 Å². The molecular weight excluding hydrogens is 260 g/mol. The Bertz CT molecular complexity index is 579. The molecule has 0 bridgehead atoms. The highest BCUT2D eigenvalue weighted by Crippen LogP contribution is 2.13. The van der Waals surface area contributed by atoms with Gasteiger partial charge in [0.15, 0.2) is 11.6 Å². The first kappa shape index (κ1) is 13.6. The Morgan fingerprint density at radius 2 is 2.16 bits per heavy atom. The van der Waals surface area contributed by atoms with Crippen LogP contribution >= 0.6 is 11.3 Å². The van der Waals surface area contributed by atoms with E-state index in [1.165, 1.54) is 11.3 Å². The first-order chi connectivity index (χ1) is 9.20. The van der Waals surface area contributed by atoms with Gasteiger partial charge in [0.25, 0.3) is 0 Å². The van der Waals surface area contributed by atoms with Gasteiger partial charge in [0, 0.05) is 18.2 Å². The van der Waals surface area contributed by atoms with Crippen molar-refractivity contribution < 1.29 is 9.59 Å². The number of Topliss-reactive ketones (excluding diaryl/α,β-unsaturated/α-hetero) is 2. The molecule has 0 saturated carbocycles. The molecule has 1 aromatic carbocycles. The summed E-state index contributed by atoms with van der Waals surface area (Å²) >= 11 is 1.33. The molecule has 0 amide bonds. The maximum Gasteiger partial charge on any atom is 0.178 e. The molecule has 1 heterocycles. The number of nitrogens with zero attached hydrogens (tertiary/aromatic N) is 1. The number of benzene rings is 1. The molecule has 5 heteroatoms. The third-order valence-corrected chi connectivity index (χ3v) is 3.47. The fourth-order valence-corrected chi connectivity index (χ4v) is 2.30. The minimum Gasteiger partial charge on any atom is -0.313 e. The van der Waals surface area contributed by atoms with Crippen molar-refractivity contribution in [2.75, 3.05) is 13.6 Å². The van der Waals surface area contributed by atoms with E-state index in [0.29, 0.717) is 23.4 Å². The summed E-state index contributed by atoms with van der Waals surface area (Å²) in [4.78, 5) is 28.2. The van der Waals surface area contributed by atoms with Gasteiger partial charge in [0.05, 0.1) is 16.9 Å². The molecule has 0 radical (unpaired) electrons. The van der Waals surface area contributed by atoms with Crippen molar-refractivity contribution in [2.45, 2.75) is 6.42 Å². The van der Waals surface area contributed by atoms with E-state index in [0.717, 1.165) is 5.56 Å². The lowest BCUT2D eigenvalue weighted by Crippen LogP contribution is -2.18. The first-order valence-corrected chi connectivity index (χ1v) is 6.77. The largest absolute Gasteiger partial charge is 0.313 e. The van der Waals surface area contributed by atoms with Crippen LogP contribution in [0.15, 0.2) is 36.0 Å². The van der Waals surface area contributed by atoms with Gasteiger partial charge in [0.1, 0.15) is 0 Å². The van der Waals surface area contributed by atoms with Crippen LogP contribution in [0.25, 0.3) is 0 Å². The normalized spacial score (nSPS) is 10.4. The molecule has 0 aliphatic carbocycles. The van der Waals surface area contributed by atoms with Gasteiger partial charge >= 0.3 is 0 Å². The SMILES string of the molecule is CNCC(=O)c1cccc(CC(=O)c2cncs2)c1. The molecule has 0 unspecified atom stereocenters. The molecular formula is C14H14N2O2S. The molecule has 0 fully saturated rings. The molecule has 0 spiro atoms. The Hall–Kier alpha value is -1.85. The van der Waals surface area contributed by atoms with Crippen LogP contribution in [0.5, 0.6) is 0 Å². The average molecular weight is 274 g/mol. The Morgan fingerprint density at radius 3 is 2.84 bits per heavy atom. The Morgan fingerprint density at radius 1 is 1.32 bits per heavy atom. The van der Waals surface area contributed by atoms with Crippen LogP contribution in [-0.2, 0) is 6.42 Å². The summed E-state index contributed by atoms with van der Waals surface area (Å²) in [6.07, 6.45) is 1.87. The molecule has 1 N–H and O–H groups in total. The molecule has 2 rings (SSSR count). The van der Waals surface area contributed by atoms with E-state index >= 15 is 0 Å². The number of rotatable bonds is 6. The van der Waals surface area contributed by atoms with Crippen molar-refractivity contribution in [1.29, 1.82) is 0 Å². The molecule has 2 aromatic rings. The van der Waals surface area contributed by atoms with Crippen LogP contribution in [0.4, 0.5) is 0 Å². The number of ketones is 2. The standard InChI is InChI=1S/C14H14N2O2S/c1-15-7-13(18)11-4-2-3-10(5-11)6-12(17)14-8-16-9-19-14/h2-5,8-9,15H,6-7H2,1H3. The molecule has 0 aliphatic heterocycles. The van der Waals surface area contributed by atoms with Crippen LogP contribution in [0.3, 0.4) is 0 Å². The monoisotopic (exact) mass is 274 g/mol. The molecule has 19 heavy (non-hydrogen) atoms. The van der Waals surface area contributed by atoms with Gasteiger partial charge in [-0.25, -0.2) is 0 Å². The maximum atomic E-state index is 12.0. The Balaban J connectivity index is 2.11. The number of hydrogen-bond donors (Lipinski definition) is 1. The van der Waals surface area contributed by atoms with E-state index in [2.05, 4.69) is 10.3 Å². The highest BCUT2D eigenvalue weighted by Gasteiger charge is 2.10. The topological polar surface area (TPSA) is 59.1 Å². The van der Waals surface area contributed by atoms with Crippen molar-refractivity contribution in [3.8, 4) is 0 Å². The van der Waals surface area contributed by atoms with Crippen molar-refractivity contribution in [3.05, 3.63) is 52.0 Å². The molecule has 0 saturated heterocycles. The van der Waals surface area contributed by atoms with Crippen LogP contribution in [0.2, 0.25) is 0 Å². The Labute approximate surface area is 115 Å². The minimum atomic E-state index is 0.0228. The number of carbonyl (C=O) groups is 2. The van der Waals surface area contributed by atoms with E-state index in [-0.39, 0.29) is 11.6 Å². The lowest BCUT2D eigenvalue weighted by Gasteiger charge is -2.03. The lowest BCUT2D eigenvalue weighted by atomic mass is 10.0. The van der Waals surface area contributed by atoms with Gasteiger partial charge in [-0.1, -0.05) is 18.2 Å². The zero-order valence-corrected chi connectivity index (χ0v) is 11.4.